The number of hydrogen-bond donors (Lipinski definition) is 1. The lowest BCUT2D eigenvalue weighted by Gasteiger charge is -2.01. The van der Waals surface area contributed by atoms with Crippen molar-refractivity contribution >= 4 is 23.1 Å². The van der Waals surface area contributed by atoms with E-state index in [1.807, 2.05) is 11.8 Å². The van der Waals surface area contributed by atoms with Gasteiger partial charge < -0.3 is 5.32 Å². The minimum Gasteiger partial charge on any atom is -0.311 e. The standard InChI is InChI=1S/C11H20N2S2/c1-3-11-13-10(9-15-11)8-12-6-5-7-14-4-2/h9,12H,3-8H2,1-2H3. The predicted molar refractivity (Wildman–Crippen MR) is 70.8 cm³/mol. The molecule has 86 valence electrons. The fourth-order valence-electron chi connectivity index (χ4n) is 1.25. The van der Waals surface area contributed by atoms with Crippen LogP contribution in [0.15, 0.2) is 5.38 Å². The molecule has 0 saturated carbocycles. The largest absolute Gasteiger partial charge is 0.311 e. The molecule has 0 aliphatic heterocycles. The van der Waals surface area contributed by atoms with Gasteiger partial charge in [-0.3, -0.25) is 0 Å². The number of nitrogens with one attached hydrogen (secondary N) is 1. The van der Waals surface area contributed by atoms with Gasteiger partial charge in [0.25, 0.3) is 0 Å². The molecule has 0 aliphatic carbocycles. The van der Waals surface area contributed by atoms with Crippen LogP contribution in [0.3, 0.4) is 0 Å². The van der Waals surface area contributed by atoms with Crippen LogP contribution in [-0.2, 0) is 13.0 Å². The average Bonchev–Trinajstić information content (AvgIpc) is 2.71. The molecular formula is C11H20N2S2. The summed E-state index contributed by atoms with van der Waals surface area (Å²) in [7, 11) is 0. The van der Waals surface area contributed by atoms with E-state index < -0.39 is 0 Å². The molecule has 0 atom stereocenters. The van der Waals surface area contributed by atoms with Gasteiger partial charge in [-0.25, -0.2) is 4.98 Å². The van der Waals surface area contributed by atoms with E-state index in [0.717, 1.165) is 19.5 Å². The third kappa shape index (κ3) is 5.54. The van der Waals surface area contributed by atoms with Gasteiger partial charge in [-0.15, -0.1) is 11.3 Å². The first kappa shape index (κ1) is 13.0. The predicted octanol–water partition coefficient (Wildman–Crippen LogP) is 2.94. The first-order valence-corrected chi connectivity index (χ1v) is 7.62. The second-order valence-electron chi connectivity index (χ2n) is 3.31. The minimum atomic E-state index is 0.924. The molecule has 0 spiro atoms. The Labute approximate surface area is 101 Å². The van der Waals surface area contributed by atoms with Gasteiger partial charge in [-0.05, 0) is 30.9 Å². The molecule has 1 rings (SSSR count). The molecule has 0 unspecified atom stereocenters. The second-order valence-corrected chi connectivity index (χ2v) is 5.65. The van der Waals surface area contributed by atoms with Crippen molar-refractivity contribution in [2.75, 3.05) is 18.1 Å². The summed E-state index contributed by atoms with van der Waals surface area (Å²) in [6.07, 6.45) is 2.31. The smallest absolute Gasteiger partial charge is 0.0926 e. The molecule has 0 aliphatic rings. The van der Waals surface area contributed by atoms with Gasteiger partial charge in [-0.2, -0.15) is 11.8 Å². The highest BCUT2D eigenvalue weighted by atomic mass is 32.2. The number of aryl methyl sites for hydroxylation is 1. The molecule has 0 fully saturated rings. The lowest BCUT2D eigenvalue weighted by atomic mass is 10.4. The first-order chi connectivity index (χ1) is 7.36. The zero-order valence-corrected chi connectivity index (χ0v) is 11.2. The normalized spacial score (nSPS) is 10.8. The van der Waals surface area contributed by atoms with E-state index in [4.69, 9.17) is 0 Å². The summed E-state index contributed by atoms with van der Waals surface area (Å²) in [4.78, 5) is 4.51. The monoisotopic (exact) mass is 244 g/mol. The van der Waals surface area contributed by atoms with Crippen molar-refractivity contribution in [1.82, 2.24) is 10.3 Å². The highest BCUT2D eigenvalue weighted by molar-refractivity contribution is 7.99. The molecule has 15 heavy (non-hydrogen) atoms. The van der Waals surface area contributed by atoms with Crippen LogP contribution in [0, 0.1) is 0 Å². The third-order valence-corrected chi connectivity index (χ3v) is 4.08. The average molecular weight is 244 g/mol. The highest BCUT2D eigenvalue weighted by Gasteiger charge is 1.98. The molecule has 0 saturated heterocycles. The summed E-state index contributed by atoms with van der Waals surface area (Å²) < 4.78 is 0. The SMILES string of the molecule is CCSCCCNCc1csc(CC)n1. The lowest BCUT2D eigenvalue weighted by Crippen LogP contribution is -2.15. The fraction of sp³-hybridized carbons (Fsp3) is 0.727. The van der Waals surface area contributed by atoms with Gasteiger partial charge in [0.1, 0.15) is 0 Å². The van der Waals surface area contributed by atoms with Gasteiger partial charge in [0, 0.05) is 11.9 Å². The molecule has 0 radical (unpaired) electrons. The maximum absolute atomic E-state index is 4.51. The number of rotatable bonds is 8. The zero-order chi connectivity index (χ0) is 10.9. The van der Waals surface area contributed by atoms with Crippen LogP contribution < -0.4 is 5.32 Å². The van der Waals surface area contributed by atoms with Gasteiger partial charge >= 0.3 is 0 Å². The Morgan fingerprint density at radius 3 is 3.00 bits per heavy atom. The van der Waals surface area contributed by atoms with Gasteiger partial charge in [0.15, 0.2) is 0 Å². The Balaban J connectivity index is 2.04. The Hall–Kier alpha value is -0.0600. The summed E-state index contributed by atoms with van der Waals surface area (Å²) in [6, 6.07) is 0. The van der Waals surface area contributed by atoms with E-state index in [-0.39, 0.29) is 0 Å². The van der Waals surface area contributed by atoms with Gasteiger partial charge in [0.2, 0.25) is 0 Å². The maximum Gasteiger partial charge on any atom is 0.0926 e. The van der Waals surface area contributed by atoms with E-state index in [1.54, 1.807) is 11.3 Å². The van der Waals surface area contributed by atoms with E-state index >= 15 is 0 Å². The molecule has 1 heterocycles. The Morgan fingerprint density at radius 1 is 1.47 bits per heavy atom. The van der Waals surface area contributed by atoms with Gasteiger partial charge in [-0.1, -0.05) is 13.8 Å². The van der Waals surface area contributed by atoms with Crippen molar-refractivity contribution in [2.24, 2.45) is 0 Å². The summed E-state index contributed by atoms with van der Waals surface area (Å²) in [5, 5.41) is 6.83. The quantitative estimate of drug-likeness (QED) is 0.712. The zero-order valence-electron chi connectivity index (χ0n) is 9.58. The fourth-order valence-corrected chi connectivity index (χ4v) is 2.63. The molecule has 1 N–H and O–H groups in total. The van der Waals surface area contributed by atoms with Crippen molar-refractivity contribution in [3.8, 4) is 0 Å². The number of thioether (sulfide) groups is 1. The molecule has 0 amide bonds. The molecule has 4 heteroatoms. The Bertz CT molecular complexity index is 261. The summed E-state index contributed by atoms with van der Waals surface area (Å²) in [5.74, 6) is 2.49. The molecule has 1 aromatic rings. The Morgan fingerprint density at radius 2 is 2.33 bits per heavy atom. The highest BCUT2D eigenvalue weighted by Crippen LogP contribution is 2.09. The molecule has 2 nitrogen and oxygen atoms in total. The van der Waals surface area contributed by atoms with Crippen LogP contribution in [0.5, 0.6) is 0 Å². The summed E-state index contributed by atoms with van der Waals surface area (Å²) in [5.41, 5.74) is 1.19. The Kier molecular flexibility index (Phi) is 7.05. The lowest BCUT2D eigenvalue weighted by molar-refractivity contribution is 0.668. The van der Waals surface area contributed by atoms with Crippen molar-refractivity contribution in [2.45, 2.75) is 33.2 Å². The second kappa shape index (κ2) is 8.13. The summed E-state index contributed by atoms with van der Waals surface area (Å²) >= 11 is 3.77. The first-order valence-electron chi connectivity index (χ1n) is 5.58. The minimum absolute atomic E-state index is 0.924. The number of thiazole rings is 1. The van der Waals surface area contributed by atoms with E-state index in [0.29, 0.717) is 0 Å². The van der Waals surface area contributed by atoms with Crippen molar-refractivity contribution in [3.05, 3.63) is 16.1 Å². The van der Waals surface area contributed by atoms with E-state index in [9.17, 15) is 0 Å². The van der Waals surface area contributed by atoms with Crippen LogP contribution >= 0.6 is 23.1 Å². The molecular weight excluding hydrogens is 224 g/mol. The van der Waals surface area contributed by atoms with E-state index in [1.165, 1.54) is 28.6 Å². The number of nitrogens with zero attached hydrogens (tertiary/aromatic N) is 1. The number of aromatic nitrogens is 1. The van der Waals surface area contributed by atoms with Crippen LogP contribution in [0.2, 0.25) is 0 Å². The summed E-state index contributed by atoms with van der Waals surface area (Å²) in [6.45, 7) is 6.39. The molecule has 0 aromatic carbocycles. The van der Waals surface area contributed by atoms with Gasteiger partial charge in [0.05, 0.1) is 10.7 Å². The van der Waals surface area contributed by atoms with Crippen molar-refractivity contribution in [3.63, 3.8) is 0 Å². The van der Waals surface area contributed by atoms with Crippen LogP contribution in [0.4, 0.5) is 0 Å². The number of hydrogen-bond acceptors (Lipinski definition) is 4. The van der Waals surface area contributed by atoms with Crippen LogP contribution in [0.25, 0.3) is 0 Å². The van der Waals surface area contributed by atoms with Crippen molar-refractivity contribution in [1.29, 1.82) is 0 Å². The third-order valence-electron chi connectivity index (χ3n) is 2.05. The molecule has 0 bridgehead atoms. The van der Waals surface area contributed by atoms with Crippen LogP contribution in [0.1, 0.15) is 31.0 Å². The van der Waals surface area contributed by atoms with Crippen molar-refractivity contribution < 1.29 is 0 Å². The topological polar surface area (TPSA) is 24.9 Å². The maximum atomic E-state index is 4.51. The molecule has 1 aromatic heterocycles. The van der Waals surface area contributed by atoms with E-state index in [2.05, 4.69) is 29.5 Å². The van der Waals surface area contributed by atoms with Crippen LogP contribution in [-0.4, -0.2) is 23.0 Å².